The number of amides is 1. The molecule has 0 aliphatic carbocycles. The molecule has 0 aliphatic heterocycles. The molecule has 0 aromatic heterocycles. The summed E-state index contributed by atoms with van der Waals surface area (Å²) in [5.74, 6) is 1.24. The Labute approximate surface area is 121 Å². The maximum atomic E-state index is 12.6. The molecule has 0 aliphatic rings. The fourth-order valence-corrected chi connectivity index (χ4v) is 2.81. The summed E-state index contributed by atoms with van der Waals surface area (Å²) in [6, 6.07) is 7.98. The molecule has 3 heteroatoms. The first-order chi connectivity index (χ1) is 9.24. The lowest BCUT2D eigenvalue weighted by atomic mass is 10.2. The van der Waals surface area contributed by atoms with Gasteiger partial charge in [0.1, 0.15) is 0 Å². The lowest BCUT2D eigenvalue weighted by molar-refractivity contribution is 0.0759. The van der Waals surface area contributed by atoms with Crippen LogP contribution in [-0.2, 0) is 0 Å². The van der Waals surface area contributed by atoms with Crippen molar-refractivity contribution < 1.29 is 4.79 Å². The van der Waals surface area contributed by atoms with Gasteiger partial charge in [-0.3, -0.25) is 4.79 Å². The van der Waals surface area contributed by atoms with Crippen LogP contribution in [0, 0.1) is 0 Å². The van der Waals surface area contributed by atoms with E-state index in [-0.39, 0.29) is 5.91 Å². The molecule has 19 heavy (non-hydrogen) atoms. The van der Waals surface area contributed by atoms with E-state index in [1.54, 1.807) is 11.8 Å². The van der Waals surface area contributed by atoms with E-state index < -0.39 is 0 Å². The van der Waals surface area contributed by atoms with Crippen LogP contribution in [0.1, 0.15) is 50.4 Å². The average Bonchev–Trinajstić information content (AvgIpc) is 2.46. The Morgan fingerprint density at radius 2 is 1.89 bits per heavy atom. The summed E-state index contributed by atoms with van der Waals surface area (Å²) in [5, 5.41) is 0. The first-order valence-corrected chi connectivity index (χ1v) is 8.24. The Morgan fingerprint density at radius 1 is 1.16 bits per heavy atom. The zero-order valence-corrected chi connectivity index (χ0v) is 13.1. The molecule has 0 radical (unpaired) electrons. The van der Waals surface area contributed by atoms with Crippen molar-refractivity contribution in [2.24, 2.45) is 0 Å². The second-order valence-electron chi connectivity index (χ2n) is 4.58. The summed E-state index contributed by atoms with van der Waals surface area (Å²) in [6.07, 6.45) is 3.32. The van der Waals surface area contributed by atoms with Crippen LogP contribution < -0.4 is 0 Å². The molecule has 0 N–H and O–H groups in total. The normalized spacial score (nSPS) is 10.5. The van der Waals surface area contributed by atoms with Gasteiger partial charge in [0.05, 0.1) is 5.56 Å². The number of benzene rings is 1. The van der Waals surface area contributed by atoms with Gasteiger partial charge in [-0.2, -0.15) is 0 Å². The summed E-state index contributed by atoms with van der Waals surface area (Å²) in [6.45, 7) is 8.01. The van der Waals surface area contributed by atoms with Crippen LogP contribution in [0.25, 0.3) is 0 Å². The van der Waals surface area contributed by atoms with E-state index in [9.17, 15) is 4.79 Å². The summed E-state index contributed by atoms with van der Waals surface area (Å²) in [7, 11) is 0. The highest BCUT2D eigenvalue weighted by Gasteiger charge is 2.16. The van der Waals surface area contributed by atoms with Gasteiger partial charge in [-0.15, -0.1) is 11.8 Å². The minimum Gasteiger partial charge on any atom is -0.339 e. The van der Waals surface area contributed by atoms with Gasteiger partial charge in [0.25, 0.3) is 5.91 Å². The number of thioether (sulfide) groups is 1. The third-order valence-corrected chi connectivity index (χ3v) is 4.31. The molecule has 2 nitrogen and oxygen atoms in total. The van der Waals surface area contributed by atoms with E-state index in [0.29, 0.717) is 0 Å². The number of carbonyl (C=O) groups is 1. The predicted octanol–water partition coefficient (Wildman–Crippen LogP) is 4.45. The zero-order valence-electron chi connectivity index (χ0n) is 12.3. The number of hydrogen-bond donors (Lipinski definition) is 0. The number of nitrogens with zero attached hydrogens (tertiary/aromatic N) is 1. The van der Waals surface area contributed by atoms with E-state index in [1.165, 1.54) is 0 Å². The van der Waals surface area contributed by atoms with Crippen molar-refractivity contribution in [1.82, 2.24) is 4.90 Å². The van der Waals surface area contributed by atoms with E-state index in [2.05, 4.69) is 26.8 Å². The van der Waals surface area contributed by atoms with Crippen molar-refractivity contribution in [1.29, 1.82) is 0 Å². The van der Waals surface area contributed by atoms with Crippen molar-refractivity contribution in [3.05, 3.63) is 29.8 Å². The monoisotopic (exact) mass is 279 g/mol. The smallest absolute Gasteiger partial charge is 0.254 e. The Bertz CT molecular complexity index is 392. The maximum absolute atomic E-state index is 12.6. The second-order valence-corrected chi connectivity index (χ2v) is 5.72. The van der Waals surface area contributed by atoms with E-state index in [4.69, 9.17) is 0 Å². The van der Waals surface area contributed by atoms with Gasteiger partial charge in [-0.25, -0.2) is 0 Å². The molecule has 0 atom stereocenters. The van der Waals surface area contributed by atoms with Gasteiger partial charge in [0, 0.05) is 18.0 Å². The molecule has 0 saturated heterocycles. The van der Waals surface area contributed by atoms with Crippen LogP contribution in [0.4, 0.5) is 0 Å². The summed E-state index contributed by atoms with van der Waals surface area (Å²) in [5.41, 5.74) is 0.860. The summed E-state index contributed by atoms with van der Waals surface area (Å²) in [4.78, 5) is 15.6. The van der Waals surface area contributed by atoms with Crippen LogP contribution in [0.2, 0.25) is 0 Å². The van der Waals surface area contributed by atoms with Gasteiger partial charge in [-0.1, -0.05) is 32.4 Å². The number of hydrogen-bond acceptors (Lipinski definition) is 2. The summed E-state index contributed by atoms with van der Waals surface area (Å²) < 4.78 is 0. The van der Waals surface area contributed by atoms with Gasteiger partial charge < -0.3 is 4.90 Å². The highest BCUT2D eigenvalue weighted by atomic mass is 32.2. The number of carbonyl (C=O) groups excluding carboxylic acids is 1. The fraction of sp³-hybridized carbons (Fsp3) is 0.562. The largest absolute Gasteiger partial charge is 0.339 e. The molecule has 1 aromatic rings. The quantitative estimate of drug-likeness (QED) is 0.655. The van der Waals surface area contributed by atoms with Crippen molar-refractivity contribution in [2.45, 2.75) is 44.9 Å². The van der Waals surface area contributed by atoms with Crippen LogP contribution in [0.15, 0.2) is 29.2 Å². The SMILES string of the molecule is CCCCN(CC)C(=O)c1ccccc1SCCC. The van der Waals surface area contributed by atoms with E-state index >= 15 is 0 Å². The van der Waals surface area contributed by atoms with Crippen molar-refractivity contribution in [3.8, 4) is 0 Å². The number of rotatable bonds is 8. The standard InChI is InChI=1S/C16H25NOS/c1-4-7-12-17(6-3)16(18)14-10-8-9-11-15(14)19-13-5-2/h8-11H,4-7,12-13H2,1-3H3. The van der Waals surface area contributed by atoms with Gasteiger partial charge in [0.2, 0.25) is 0 Å². The molecular formula is C16H25NOS. The molecule has 0 bridgehead atoms. The highest BCUT2D eigenvalue weighted by Crippen LogP contribution is 2.24. The molecule has 1 aromatic carbocycles. The molecule has 1 rings (SSSR count). The molecular weight excluding hydrogens is 254 g/mol. The molecule has 0 unspecified atom stereocenters. The van der Waals surface area contributed by atoms with Gasteiger partial charge >= 0.3 is 0 Å². The first kappa shape index (κ1) is 16.1. The lowest BCUT2D eigenvalue weighted by Gasteiger charge is -2.22. The maximum Gasteiger partial charge on any atom is 0.254 e. The van der Waals surface area contributed by atoms with Crippen molar-refractivity contribution >= 4 is 17.7 Å². The molecule has 0 saturated carbocycles. The predicted molar refractivity (Wildman–Crippen MR) is 83.9 cm³/mol. The molecule has 1 amide bonds. The Kier molecular flexibility index (Phi) is 7.65. The van der Waals surface area contributed by atoms with Crippen molar-refractivity contribution in [3.63, 3.8) is 0 Å². The van der Waals surface area contributed by atoms with E-state index in [1.807, 2.05) is 23.1 Å². The van der Waals surface area contributed by atoms with Crippen LogP contribution in [0.5, 0.6) is 0 Å². The lowest BCUT2D eigenvalue weighted by Crippen LogP contribution is -2.32. The fourth-order valence-electron chi connectivity index (χ4n) is 1.90. The van der Waals surface area contributed by atoms with Gasteiger partial charge in [0.15, 0.2) is 0 Å². The third-order valence-electron chi connectivity index (χ3n) is 3.03. The van der Waals surface area contributed by atoms with Crippen LogP contribution in [0.3, 0.4) is 0 Å². The minimum absolute atomic E-state index is 0.176. The molecule has 0 fully saturated rings. The third kappa shape index (κ3) is 4.90. The minimum atomic E-state index is 0.176. The highest BCUT2D eigenvalue weighted by molar-refractivity contribution is 7.99. The van der Waals surface area contributed by atoms with E-state index in [0.717, 1.165) is 48.6 Å². The Hall–Kier alpha value is -0.960. The van der Waals surface area contributed by atoms with Crippen molar-refractivity contribution in [2.75, 3.05) is 18.8 Å². The Morgan fingerprint density at radius 3 is 2.53 bits per heavy atom. The zero-order chi connectivity index (χ0) is 14.1. The Balaban J connectivity index is 2.84. The molecule has 0 heterocycles. The molecule has 106 valence electrons. The first-order valence-electron chi connectivity index (χ1n) is 7.25. The van der Waals surface area contributed by atoms with Crippen LogP contribution >= 0.6 is 11.8 Å². The van der Waals surface area contributed by atoms with Crippen LogP contribution in [-0.4, -0.2) is 29.6 Å². The second kappa shape index (κ2) is 9.03. The molecule has 0 spiro atoms. The summed E-state index contributed by atoms with van der Waals surface area (Å²) >= 11 is 1.78. The average molecular weight is 279 g/mol. The topological polar surface area (TPSA) is 20.3 Å². The number of unbranched alkanes of at least 4 members (excludes halogenated alkanes) is 1. The van der Waals surface area contributed by atoms with Gasteiger partial charge in [-0.05, 0) is 37.7 Å².